The Bertz CT molecular complexity index is 148. The van der Waals surface area contributed by atoms with Gasteiger partial charge in [0, 0.05) is 13.1 Å². The monoisotopic (exact) mass is 167 g/mol. The normalized spacial score (nSPS) is 18.5. The molecule has 0 aromatic rings. The SMILES string of the molecule is C=CCCC=CN1CCOCC1. The van der Waals surface area contributed by atoms with Crippen molar-refractivity contribution < 1.29 is 4.74 Å². The molecule has 0 aromatic carbocycles. The van der Waals surface area contributed by atoms with E-state index in [1.54, 1.807) is 0 Å². The van der Waals surface area contributed by atoms with Gasteiger partial charge in [0.25, 0.3) is 0 Å². The molecule has 0 unspecified atom stereocenters. The number of hydrogen-bond acceptors (Lipinski definition) is 2. The Morgan fingerprint density at radius 2 is 2.00 bits per heavy atom. The molecule has 0 aromatic heterocycles. The molecule has 0 radical (unpaired) electrons. The number of unbranched alkanes of at least 4 members (excludes halogenated alkanes) is 1. The van der Waals surface area contributed by atoms with Crippen LogP contribution in [-0.2, 0) is 4.74 Å². The first-order chi connectivity index (χ1) is 5.93. The van der Waals surface area contributed by atoms with Gasteiger partial charge in [-0.15, -0.1) is 6.58 Å². The first-order valence-electron chi connectivity index (χ1n) is 4.53. The van der Waals surface area contributed by atoms with Crippen molar-refractivity contribution in [2.24, 2.45) is 0 Å². The third-order valence-electron chi connectivity index (χ3n) is 1.90. The summed E-state index contributed by atoms with van der Waals surface area (Å²) in [5, 5.41) is 0. The average molecular weight is 167 g/mol. The molecule has 1 fully saturated rings. The van der Waals surface area contributed by atoms with Crippen molar-refractivity contribution in [1.29, 1.82) is 0 Å². The Hall–Kier alpha value is -0.760. The molecule has 0 atom stereocenters. The fraction of sp³-hybridized carbons (Fsp3) is 0.600. The number of morpholine rings is 1. The van der Waals surface area contributed by atoms with Crippen molar-refractivity contribution in [3.8, 4) is 0 Å². The molecule has 1 aliphatic rings. The lowest BCUT2D eigenvalue weighted by molar-refractivity contribution is 0.0593. The average Bonchev–Trinajstić information content (AvgIpc) is 2.14. The first kappa shape index (κ1) is 9.33. The minimum atomic E-state index is 0.867. The zero-order chi connectivity index (χ0) is 8.65. The lowest BCUT2D eigenvalue weighted by atomic mass is 10.3. The van der Waals surface area contributed by atoms with Gasteiger partial charge in [-0.05, 0) is 19.0 Å². The minimum absolute atomic E-state index is 0.867. The van der Waals surface area contributed by atoms with Gasteiger partial charge < -0.3 is 9.64 Å². The Morgan fingerprint density at radius 1 is 1.25 bits per heavy atom. The number of allylic oxidation sites excluding steroid dienone is 2. The Labute approximate surface area is 74.5 Å². The zero-order valence-electron chi connectivity index (χ0n) is 7.54. The molecule has 0 saturated carbocycles. The molecular formula is C10H17NO. The van der Waals surface area contributed by atoms with Crippen molar-refractivity contribution in [3.63, 3.8) is 0 Å². The van der Waals surface area contributed by atoms with Crippen LogP contribution in [0.1, 0.15) is 12.8 Å². The largest absolute Gasteiger partial charge is 0.378 e. The van der Waals surface area contributed by atoms with E-state index in [4.69, 9.17) is 4.74 Å². The van der Waals surface area contributed by atoms with Crippen LogP contribution in [0.25, 0.3) is 0 Å². The summed E-state index contributed by atoms with van der Waals surface area (Å²) in [6.45, 7) is 7.48. The summed E-state index contributed by atoms with van der Waals surface area (Å²) in [5.74, 6) is 0. The van der Waals surface area contributed by atoms with Crippen LogP contribution in [0.5, 0.6) is 0 Å². The predicted molar refractivity (Wildman–Crippen MR) is 51.0 cm³/mol. The maximum atomic E-state index is 5.24. The molecule has 0 amide bonds. The highest BCUT2D eigenvalue weighted by atomic mass is 16.5. The Balaban J connectivity index is 2.10. The summed E-state index contributed by atoms with van der Waals surface area (Å²) in [6, 6.07) is 0. The van der Waals surface area contributed by atoms with Crippen LogP contribution in [0.3, 0.4) is 0 Å². The van der Waals surface area contributed by atoms with Crippen molar-refractivity contribution >= 4 is 0 Å². The van der Waals surface area contributed by atoms with E-state index in [-0.39, 0.29) is 0 Å². The molecule has 1 saturated heterocycles. The number of nitrogens with zero attached hydrogens (tertiary/aromatic N) is 1. The highest BCUT2D eigenvalue weighted by Gasteiger charge is 2.04. The lowest BCUT2D eigenvalue weighted by Gasteiger charge is -2.24. The van der Waals surface area contributed by atoms with Gasteiger partial charge in [-0.1, -0.05) is 12.2 Å². The van der Waals surface area contributed by atoms with Crippen LogP contribution in [-0.4, -0.2) is 31.2 Å². The number of ether oxygens (including phenoxy) is 1. The van der Waals surface area contributed by atoms with Gasteiger partial charge in [-0.3, -0.25) is 0 Å². The highest BCUT2D eigenvalue weighted by molar-refractivity contribution is 4.85. The standard InChI is InChI=1S/C10H17NO/c1-2-3-4-5-6-11-7-9-12-10-8-11/h2,5-6H,1,3-4,7-10H2. The van der Waals surface area contributed by atoms with E-state index < -0.39 is 0 Å². The second kappa shape index (κ2) is 5.84. The van der Waals surface area contributed by atoms with E-state index in [1.807, 2.05) is 6.08 Å². The van der Waals surface area contributed by atoms with Gasteiger partial charge in [0.1, 0.15) is 0 Å². The molecular weight excluding hydrogens is 150 g/mol. The van der Waals surface area contributed by atoms with Gasteiger partial charge in [0.2, 0.25) is 0 Å². The molecule has 2 heteroatoms. The summed E-state index contributed by atoms with van der Waals surface area (Å²) >= 11 is 0. The Morgan fingerprint density at radius 3 is 2.67 bits per heavy atom. The number of rotatable bonds is 4. The molecule has 0 aliphatic carbocycles. The molecule has 0 bridgehead atoms. The molecule has 1 heterocycles. The van der Waals surface area contributed by atoms with Crippen molar-refractivity contribution in [3.05, 3.63) is 24.9 Å². The van der Waals surface area contributed by atoms with Gasteiger partial charge >= 0.3 is 0 Å². The summed E-state index contributed by atoms with van der Waals surface area (Å²) < 4.78 is 5.24. The maximum absolute atomic E-state index is 5.24. The van der Waals surface area contributed by atoms with Gasteiger partial charge in [-0.2, -0.15) is 0 Å². The predicted octanol–water partition coefficient (Wildman–Crippen LogP) is 1.80. The van der Waals surface area contributed by atoms with Gasteiger partial charge in [0.15, 0.2) is 0 Å². The van der Waals surface area contributed by atoms with E-state index in [1.165, 1.54) is 0 Å². The van der Waals surface area contributed by atoms with E-state index >= 15 is 0 Å². The van der Waals surface area contributed by atoms with E-state index in [2.05, 4.69) is 23.8 Å². The van der Waals surface area contributed by atoms with Crippen molar-refractivity contribution in [1.82, 2.24) is 4.90 Å². The molecule has 0 spiro atoms. The van der Waals surface area contributed by atoms with Crippen LogP contribution < -0.4 is 0 Å². The van der Waals surface area contributed by atoms with Crippen LogP contribution in [0.15, 0.2) is 24.9 Å². The van der Waals surface area contributed by atoms with E-state index in [9.17, 15) is 0 Å². The highest BCUT2D eigenvalue weighted by Crippen LogP contribution is 1.99. The molecule has 1 rings (SSSR count). The third kappa shape index (κ3) is 3.58. The molecule has 0 N–H and O–H groups in total. The maximum Gasteiger partial charge on any atom is 0.0642 e. The summed E-state index contributed by atoms with van der Waals surface area (Å²) in [7, 11) is 0. The van der Waals surface area contributed by atoms with Gasteiger partial charge in [-0.25, -0.2) is 0 Å². The second-order valence-electron chi connectivity index (χ2n) is 2.90. The van der Waals surface area contributed by atoms with Crippen LogP contribution in [0.2, 0.25) is 0 Å². The fourth-order valence-electron chi connectivity index (χ4n) is 1.16. The smallest absolute Gasteiger partial charge is 0.0642 e. The van der Waals surface area contributed by atoms with Crippen LogP contribution >= 0.6 is 0 Å². The van der Waals surface area contributed by atoms with Crippen LogP contribution in [0, 0.1) is 0 Å². The molecule has 68 valence electrons. The quantitative estimate of drug-likeness (QED) is 0.467. The molecule has 12 heavy (non-hydrogen) atoms. The minimum Gasteiger partial charge on any atom is -0.378 e. The molecule has 2 nitrogen and oxygen atoms in total. The third-order valence-corrected chi connectivity index (χ3v) is 1.90. The van der Waals surface area contributed by atoms with Crippen molar-refractivity contribution in [2.75, 3.05) is 26.3 Å². The number of hydrogen-bond donors (Lipinski definition) is 0. The van der Waals surface area contributed by atoms with Crippen LogP contribution in [0.4, 0.5) is 0 Å². The summed E-state index contributed by atoms with van der Waals surface area (Å²) in [5.41, 5.74) is 0. The topological polar surface area (TPSA) is 12.5 Å². The van der Waals surface area contributed by atoms with E-state index in [0.717, 1.165) is 39.1 Å². The summed E-state index contributed by atoms with van der Waals surface area (Å²) in [4.78, 5) is 2.30. The van der Waals surface area contributed by atoms with Gasteiger partial charge in [0.05, 0.1) is 13.2 Å². The Kier molecular flexibility index (Phi) is 4.54. The summed E-state index contributed by atoms with van der Waals surface area (Å²) in [6.07, 6.45) is 8.49. The lowest BCUT2D eigenvalue weighted by Crippen LogP contribution is -2.31. The first-order valence-corrected chi connectivity index (χ1v) is 4.53. The molecule has 1 aliphatic heterocycles. The fourth-order valence-corrected chi connectivity index (χ4v) is 1.16. The second-order valence-corrected chi connectivity index (χ2v) is 2.90. The zero-order valence-corrected chi connectivity index (χ0v) is 7.54. The van der Waals surface area contributed by atoms with Crippen molar-refractivity contribution in [2.45, 2.75) is 12.8 Å². The van der Waals surface area contributed by atoms with E-state index in [0.29, 0.717) is 0 Å².